The molecule has 3 heterocycles. The Balaban J connectivity index is 1.43. The number of carbonyl (C=O) groups excluding carboxylic acids is 1. The summed E-state index contributed by atoms with van der Waals surface area (Å²) in [6.07, 6.45) is 2.39. The highest BCUT2D eigenvalue weighted by Gasteiger charge is 2.33. The predicted octanol–water partition coefficient (Wildman–Crippen LogP) is 4.90. The van der Waals surface area contributed by atoms with Crippen molar-refractivity contribution < 1.29 is 13.9 Å². The van der Waals surface area contributed by atoms with Gasteiger partial charge in [0.05, 0.1) is 24.3 Å². The van der Waals surface area contributed by atoms with E-state index in [0.717, 1.165) is 29.1 Å². The van der Waals surface area contributed by atoms with E-state index in [0.29, 0.717) is 35.7 Å². The molecule has 4 aromatic rings. The molecule has 2 N–H and O–H groups in total. The van der Waals surface area contributed by atoms with Gasteiger partial charge in [0.15, 0.2) is 0 Å². The molecule has 1 aliphatic heterocycles. The highest BCUT2D eigenvalue weighted by molar-refractivity contribution is 7.09. The molecule has 36 heavy (non-hydrogen) atoms. The van der Waals surface area contributed by atoms with Gasteiger partial charge in [-0.15, -0.1) is 21.5 Å². The molecule has 1 saturated heterocycles. The lowest BCUT2D eigenvalue weighted by molar-refractivity contribution is 0.0735. The van der Waals surface area contributed by atoms with Gasteiger partial charge in [-0.05, 0) is 56.9 Å². The monoisotopic (exact) mass is 503 g/mol. The minimum atomic E-state index is -0.859. The molecule has 1 fully saturated rings. The van der Waals surface area contributed by atoms with Crippen molar-refractivity contribution in [1.29, 1.82) is 0 Å². The van der Waals surface area contributed by atoms with Gasteiger partial charge < -0.3 is 19.8 Å². The van der Waals surface area contributed by atoms with Crippen LogP contribution in [-0.2, 0) is 12.0 Å². The summed E-state index contributed by atoms with van der Waals surface area (Å²) in [7, 11) is 1.57. The fourth-order valence-corrected chi connectivity index (χ4v) is 5.57. The number of thiazole rings is 1. The molecule has 0 radical (unpaired) electrons. The van der Waals surface area contributed by atoms with Crippen LogP contribution in [0.15, 0.2) is 58.3 Å². The van der Waals surface area contributed by atoms with E-state index in [1.54, 1.807) is 36.6 Å². The Morgan fingerprint density at radius 2 is 2.06 bits per heavy atom. The standard InChI is InChI=1S/C27H29N5O3S/c1-17-16-36-24(29-17)21-10-7-13-32(21)25(33)19-11-12-22(34-3)20(14-19)23-30-31-26(35-23)27(2,28)15-18-8-5-4-6-9-18/h4-6,8-9,11-12,14,16,21H,7,10,13,15,28H2,1-3H3/t21-,27+/m1/s1. The number of aromatic nitrogens is 3. The van der Waals surface area contributed by atoms with E-state index < -0.39 is 5.54 Å². The first-order chi connectivity index (χ1) is 17.4. The van der Waals surface area contributed by atoms with E-state index in [2.05, 4.69) is 15.2 Å². The van der Waals surface area contributed by atoms with Crippen molar-refractivity contribution in [2.45, 2.75) is 44.7 Å². The molecule has 1 amide bonds. The second-order valence-corrected chi connectivity index (χ2v) is 10.3. The number of aryl methyl sites for hydroxylation is 1. The summed E-state index contributed by atoms with van der Waals surface area (Å²) in [5.41, 5.74) is 8.85. The Morgan fingerprint density at radius 3 is 2.78 bits per heavy atom. The Kier molecular flexibility index (Phi) is 6.59. The number of hydrogen-bond acceptors (Lipinski definition) is 8. The Bertz CT molecular complexity index is 1360. The summed E-state index contributed by atoms with van der Waals surface area (Å²) in [6.45, 7) is 4.53. The molecule has 0 unspecified atom stereocenters. The number of rotatable bonds is 7. The summed E-state index contributed by atoms with van der Waals surface area (Å²) >= 11 is 1.60. The molecule has 2 aromatic heterocycles. The van der Waals surface area contributed by atoms with Crippen molar-refractivity contribution in [1.82, 2.24) is 20.1 Å². The lowest BCUT2D eigenvalue weighted by Crippen LogP contribution is -2.35. The van der Waals surface area contributed by atoms with E-state index in [1.807, 2.05) is 54.5 Å². The third-order valence-electron chi connectivity index (χ3n) is 6.44. The van der Waals surface area contributed by atoms with Crippen molar-refractivity contribution in [2.75, 3.05) is 13.7 Å². The van der Waals surface area contributed by atoms with Crippen molar-refractivity contribution in [3.63, 3.8) is 0 Å². The molecule has 2 aromatic carbocycles. The largest absolute Gasteiger partial charge is 0.496 e. The van der Waals surface area contributed by atoms with Gasteiger partial charge in [0.1, 0.15) is 10.8 Å². The molecule has 5 rings (SSSR count). The van der Waals surface area contributed by atoms with E-state index in [4.69, 9.17) is 14.9 Å². The highest BCUT2D eigenvalue weighted by atomic mass is 32.1. The molecule has 186 valence electrons. The smallest absolute Gasteiger partial charge is 0.254 e. The normalized spacial score (nSPS) is 17.2. The third kappa shape index (κ3) is 4.76. The van der Waals surface area contributed by atoms with Crippen LogP contribution in [0.25, 0.3) is 11.5 Å². The molecule has 9 heteroatoms. The SMILES string of the molecule is COc1ccc(C(=O)N2CCC[C@@H]2c2nc(C)cs2)cc1-c1nnc([C@@](C)(N)Cc2ccccc2)o1. The van der Waals surface area contributed by atoms with Crippen molar-refractivity contribution in [3.8, 4) is 17.2 Å². The molecule has 0 saturated carbocycles. The van der Waals surface area contributed by atoms with Gasteiger partial charge in [-0.2, -0.15) is 0 Å². The number of benzene rings is 2. The number of likely N-dealkylation sites (tertiary alicyclic amines) is 1. The molecule has 0 bridgehead atoms. The molecule has 1 aliphatic rings. The average Bonchev–Trinajstić information content (AvgIpc) is 3.64. The van der Waals surface area contributed by atoms with Crippen molar-refractivity contribution in [2.24, 2.45) is 5.73 Å². The molecular formula is C27H29N5O3S. The van der Waals surface area contributed by atoms with Crippen LogP contribution in [0.2, 0.25) is 0 Å². The Morgan fingerprint density at radius 1 is 1.25 bits per heavy atom. The zero-order chi connectivity index (χ0) is 25.3. The van der Waals surface area contributed by atoms with Crippen LogP contribution in [0, 0.1) is 6.92 Å². The van der Waals surface area contributed by atoms with Crippen LogP contribution >= 0.6 is 11.3 Å². The topological polar surface area (TPSA) is 107 Å². The van der Waals surface area contributed by atoms with Crippen molar-refractivity contribution >= 4 is 17.2 Å². The molecule has 8 nitrogen and oxygen atoms in total. The predicted molar refractivity (Wildman–Crippen MR) is 138 cm³/mol. The third-order valence-corrected chi connectivity index (χ3v) is 7.50. The van der Waals surface area contributed by atoms with Gasteiger partial charge in [-0.1, -0.05) is 30.3 Å². The zero-order valence-corrected chi connectivity index (χ0v) is 21.4. The number of nitrogens with two attached hydrogens (primary N) is 1. The maximum Gasteiger partial charge on any atom is 0.254 e. The minimum Gasteiger partial charge on any atom is -0.496 e. The highest BCUT2D eigenvalue weighted by Crippen LogP contribution is 2.37. The van der Waals surface area contributed by atoms with Crippen LogP contribution in [0.1, 0.15) is 58.3 Å². The Labute approximate surface area is 214 Å². The fourth-order valence-electron chi connectivity index (χ4n) is 4.62. The number of ether oxygens (including phenoxy) is 1. The maximum absolute atomic E-state index is 13.6. The van der Waals surface area contributed by atoms with E-state index in [-0.39, 0.29) is 17.8 Å². The summed E-state index contributed by atoms with van der Waals surface area (Å²) < 4.78 is 11.6. The number of methoxy groups -OCH3 is 1. The lowest BCUT2D eigenvalue weighted by Gasteiger charge is -2.23. The summed E-state index contributed by atoms with van der Waals surface area (Å²) in [4.78, 5) is 20.1. The first-order valence-electron chi connectivity index (χ1n) is 11.9. The van der Waals surface area contributed by atoms with Gasteiger partial charge in [0, 0.05) is 23.2 Å². The van der Waals surface area contributed by atoms with Gasteiger partial charge >= 0.3 is 0 Å². The quantitative estimate of drug-likeness (QED) is 0.382. The number of amides is 1. The van der Waals surface area contributed by atoms with Crippen LogP contribution in [0.3, 0.4) is 0 Å². The van der Waals surface area contributed by atoms with E-state index >= 15 is 0 Å². The van der Waals surface area contributed by atoms with E-state index in [9.17, 15) is 4.79 Å². The zero-order valence-electron chi connectivity index (χ0n) is 20.6. The first-order valence-corrected chi connectivity index (χ1v) is 12.8. The van der Waals surface area contributed by atoms with Gasteiger partial charge in [0.25, 0.3) is 11.8 Å². The van der Waals surface area contributed by atoms with Crippen LogP contribution in [0.4, 0.5) is 0 Å². The summed E-state index contributed by atoms with van der Waals surface area (Å²) in [5.74, 6) is 1.06. The van der Waals surface area contributed by atoms with Crippen molar-refractivity contribution in [3.05, 3.63) is 81.6 Å². The molecule has 0 aliphatic carbocycles. The summed E-state index contributed by atoms with van der Waals surface area (Å²) in [6, 6.07) is 15.2. The van der Waals surface area contributed by atoms with Gasteiger partial charge in [0.2, 0.25) is 5.89 Å². The minimum absolute atomic E-state index is 0.00677. The average molecular weight is 504 g/mol. The number of carbonyl (C=O) groups is 1. The molecule has 2 atom stereocenters. The first kappa shape index (κ1) is 24.1. The number of hydrogen-bond donors (Lipinski definition) is 1. The second-order valence-electron chi connectivity index (χ2n) is 9.39. The summed E-state index contributed by atoms with van der Waals surface area (Å²) in [5, 5.41) is 11.5. The fraction of sp³-hybridized carbons (Fsp3) is 0.333. The van der Waals surface area contributed by atoms with Gasteiger partial charge in [-0.3, -0.25) is 4.79 Å². The van der Waals surface area contributed by atoms with E-state index in [1.165, 1.54) is 0 Å². The van der Waals surface area contributed by atoms with Crippen LogP contribution < -0.4 is 10.5 Å². The lowest BCUT2D eigenvalue weighted by atomic mass is 9.94. The van der Waals surface area contributed by atoms with Crippen LogP contribution in [0.5, 0.6) is 5.75 Å². The molecular weight excluding hydrogens is 474 g/mol. The molecule has 0 spiro atoms. The number of nitrogens with zero attached hydrogens (tertiary/aromatic N) is 4. The second kappa shape index (κ2) is 9.83. The van der Waals surface area contributed by atoms with Gasteiger partial charge in [-0.25, -0.2) is 4.98 Å². The maximum atomic E-state index is 13.6. The Hall–Kier alpha value is -3.56. The van der Waals surface area contributed by atoms with Crippen LogP contribution in [-0.4, -0.2) is 39.6 Å².